The van der Waals surface area contributed by atoms with Crippen molar-refractivity contribution in [3.8, 4) is 0 Å². The fraction of sp³-hybridized carbons (Fsp3) is 0.333. The Morgan fingerprint density at radius 3 is 1.14 bits per heavy atom. The minimum absolute atomic E-state index is 0.0790. The monoisotopic (exact) mass is 412 g/mol. The third-order valence-corrected chi connectivity index (χ3v) is 5.17. The van der Waals surface area contributed by atoms with Crippen LogP contribution in [0.1, 0.15) is 34.5 Å². The number of rotatable bonds is 4. The van der Waals surface area contributed by atoms with Crippen LogP contribution in [0.5, 0.6) is 0 Å². The van der Waals surface area contributed by atoms with Crippen molar-refractivity contribution in [3.63, 3.8) is 0 Å². The molecule has 0 aliphatic carbocycles. The number of hydrogen-bond donors (Lipinski definition) is 0. The highest BCUT2D eigenvalue weighted by atomic mass is 19.4. The lowest BCUT2D eigenvalue weighted by atomic mass is 9.97. The first-order valence-electron chi connectivity index (χ1n) is 8.45. The largest absolute Gasteiger partial charge is 0.442 e. The lowest BCUT2D eigenvalue weighted by Gasteiger charge is -2.15. The first-order valence-corrected chi connectivity index (χ1v) is 8.45. The van der Waals surface area contributed by atoms with E-state index in [9.17, 15) is 26.3 Å². The quantitative estimate of drug-likeness (QED) is 0.458. The van der Waals surface area contributed by atoms with E-state index in [2.05, 4.69) is 20.5 Å². The molecule has 2 aromatic carbocycles. The zero-order chi connectivity index (χ0) is 20.7. The van der Waals surface area contributed by atoms with E-state index in [1.165, 1.54) is 48.5 Å². The van der Waals surface area contributed by atoms with Gasteiger partial charge in [0.15, 0.2) is 0 Å². The van der Waals surface area contributed by atoms with Gasteiger partial charge in [0.05, 0.1) is 0 Å². The maximum absolute atomic E-state index is 13.0. The Balaban J connectivity index is 1.29. The van der Waals surface area contributed by atoms with E-state index in [1.54, 1.807) is 0 Å². The second-order valence-corrected chi connectivity index (χ2v) is 6.96. The van der Waals surface area contributed by atoms with Gasteiger partial charge >= 0.3 is 23.7 Å². The Hall–Kier alpha value is -2.82. The predicted molar refractivity (Wildman–Crippen MR) is 84.6 cm³/mol. The SMILES string of the molecule is FC(F)(F)C1(c2ccc(C3OC3c3ccc(C4(C(F)(F)F)N=N4)cc3)cc2)N=N1. The minimum atomic E-state index is -4.59. The van der Waals surface area contributed by atoms with E-state index in [-0.39, 0.29) is 11.1 Å². The molecule has 3 aliphatic rings. The highest BCUT2D eigenvalue weighted by Gasteiger charge is 2.66. The molecule has 29 heavy (non-hydrogen) atoms. The fourth-order valence-electron chi connectivity index (χ4n) is 3.31. The van der Waals surface area contributed by atoms with Crippen LogP contribution in [0, 0.1) is 0 Å². The minimum Gasteiger partial charge on any atom is -0.359 e. The van der Waals surface area contributed by atoms with Crippen LogP contribution < -0.4 is 0 Å². The first kappa shape index (κ1) is 18.2. The molecule has 3 aliphatic heterocycles. The van der Waals surface area contributed by atoms with Crippen LogP contribution in [0.25, 0.3) is 0 Å². The van der Waals surface area contributed by atoms with E-state index in [0.29, 0.717) is 11.1 Å². The van der Waals surface area contributed by atoms with Crippen molar-refractivity contribution in [2.45, 2.75) is 35.9 Å². The van der Waals surface area contributed by atoms with Crippen molar-refractivity contribution in [1.29, 1.82) is 0 Å². The van der Waals surface area contributed by atoms with Crippen molar-refractivity contribution in [3.05, 3.63) is 70.8 Å². The Morgan fingerprint density at radius 2 is 0.897 bits per heavy atom. The molecule has 2 aromatic rings. The molecule has 1 saturated heterocycles. The van der Waals surface area contributed by atoms with Crippen LogP contribution in [0.3, 0.4) is 0 Å². The standard InChI is InChI=1S/C18H10F6N4O/c19-17(20,21)15(25-26-15)11-5-1-9(2-6-11)13-14(29-13)10-3-7-12(8-4-10)16(27-28-16)18(22,23)24/h1-8,13-14H. The molecule has 2 unspecified atom stereocenters. The topological polar surface area (TPSA) is 62.0 Å². The molecular formula is C18H10F6N4O. The van der Waals surface area contributed by atoms with Crippen LogP contribution in [-0.4, -0.2) is 12.4 Å². The molecule has 0 saturated carbocycles. The van der Waals surface area contributed by atoms with Crippen molar-refractivity contribution in [2.24, 2.45) is 20.5 Å². The van der Waals surface area contributed by atoms with Crippen molar-refractivity contribution >= 4 is 0 Å². The lowest BCUT2D eigenvalue weighted by molar-refractivity contribution is -0.166. The maximum Gasteiger partial charge on any atom is 0.442 e. The molecule has 150 valence electrons. The van der Waals surface area contributed by atoms with Gasteiger partial charge in [-0.05, 0) is 11.1 Å². The fourth-order valence-corrected chi connectivity index (χ4v) is 3.31. The van der Waals surface area contributed by atoms with Crippen molar-refractivity contribution in [1.82, 2.24) is 0 Å². The van der Waals surface area contributed by atoms with Gasteiger partial charge in [-0.15, -0.1) is 20.5 Å². The summed E-state index contributed by atoms with van der Waals surface area (Å²) in [6.07, 6.45) is -9.97. The highest BCUT2D eigenvalue weighted by Crippen LogP contribution is 2.55. The molecule has 0 radical (unpaired) electrons. The molecule has 1 fully saturated rings. The number of epoxide rings is 1. The van der Waals surface area contributed by atoms with Gasteiger partial charge in [-0.25, -0.2) is 0 Å². The Bertz CT molecular complexity index is 931. The maximum atomic E-state index is 13.0. The van der Waals surface area contributed by atoms with Crippen LogP contribution >= 0.6 is 0 Å². The second-order valence-electron chi connectivity index (χ2n) is 6.96. The molecule has 3 heterocycles. The highest BCUT2D eigenvalue weighted by molar-refractivity contribution is 5.38. The zero-order valence-corrected chi connectivity index (χ0v) is 14.2. The first-order chi connectivity index (χ1) is 13.6. The number of halogens is 6. The summed E-state index contributed by atoms with van der Waals surface area (Å²) in [4.78, 5) is 0. The molecule has 2 atom stereocenters. The van der Waals surface area contributed by atoms with E-state index in [1.807, 2.05) is 0 Å². The van der Waals surface area contributed by atoms with Gasteiger partial charge in [-0.2, -0.15) is 26.3 Å². The molecule has 0 N–H and O–H groups in total. The molecule has 0 amide bonds. The van der Waals surface area contributed by atoms with Crippen LogP contribution in [0.15, 0.2) is 69.0 Å². The van der Waals surface area contributed by atoms with Crippen LogP contribution in [-0.2, 0) is 16.1 Å². The van der Waals surface area contributed by atoms with Crippen molar-refractivity contribution < 1.29 is 31.1 Å². The molecule has 0 spiro atoms. The third kappa shape index (κ3) is 2.67. The third-order valence-electron chi connectivity index (χ3n) is 5.17. The van der Waals surface area contributed by atoms with Gasteiger partial charge in [0.1, 0.15) is 12.2 Å². The zero-order valence-electron chi connectivity index (χ0n) is 14.2. The van der Waals surface area contributed by atoms with Gasteiger partial charge in [0.2, 0.25) is 0 Å². The average molecular weight is 412 g/mol. The Morgan fingerprint density at radius 1 is 0.586 bits per heavy atom. The summed E-state index contributed by atoms with van der Waals surface area (Å²) < 4.78 is 83.8. The summed E-state index contributed by atoms with van der Waals surface area (Å²) in [6.45, 7) is 0. The molecule has 0 bridgehead atoms. The summed E-state index contributed by atoms with van der Waals surface area (Å²) in [6, 6.07) is 11.2. The molecule has 0 aromatic heterocycles. The summed E-state index contributed by atoms with van der Waals surface area (Å²) >= 11 is 0. The van der Waals surface area contributed by atoms with E-state index < -0.39 is 35.9 Å². The molecule has 5 rings (SSSR count). The van der Waals surface area contributed by atoms with Gasteiger partial charge in [0.25, 0.3) is 0 Å². The van der Waals surface area contributed by atoms with Gasteiger partial charge in [-0.3, -0.25) is 0 Å². The van der Waals surface area contributed by atoms with Crippen molar-refractivity contribution in [2.75, 3.05) is 0 Å². The summed E-state index contributed by atoms with van der Waals surface area (Å²) in [5.74, 6) is 0. The molecular weight excluding hydrogens is 402 g/mol. The lowest BCUT2D eigenvalue weighted by Crippen LogP contribution is -2.30. The van der Waals surface area contributed by atoms with E-state index >= 15 is 0 Å². The normalized spacial score (nSPS) is 25.7. The van der Waals surface area contributed by atoms with Crippen LogP contribution in [0.2, 0.25) is 0 Å². The predicted octanol–water partition coefficient (Wildman–Crippen LogP) is 5.86. The van der Waals surface area contributed by atoms with Gasteiger partial charge < -0.3 is 4.74 Å². The Kier molecular flexibility index (Phi) is 3.40. The van der Waals surface area contributed by atoms with Gasteiger partial charge in [-0.1, -0.05) is 48.5 Å². The van der Waals surface area contributed by atoms with Gasteiger partial charge in [0, 0.05) is 11.1 Å². The number of ether oxygens (including phenoxy) is 1. The summed E-state index contributed by atoms with van der Waals surface area (Å²) in [5.41, 5.74) is -3.80. The summed E-state index contributed by atoms with van der Waals surface area (Å²) in [5, 5.41) is 12.6. The average Bonchev–Trinajstić information content (AvgIpc) is 3.55. The van der Waals surface area contributed by atoms with E-state index in [0.717, 1.165) is 0 Å². The smallest absolute Gasteiger partial charge is 0.359 e. The second kappa shape index (κ2) is 5.41. The van der Waals surface area contributed by atoms with Crippen LogP contribution in [0.4, 0.5) is 26.3 Å². The number of nitrogens with zero attached hydrogens (tertiary/aromatic N) is 4. The molecule has 5 nitrogen and oxygen atoms in total. The number of hydrogen-bond acceptors (Lipinski definition) is 5. The molecule has 11 heteroatoms. The number of alkyl halides is 6. The summed E-state index contributed by atoms with van der Waals surface area (Å²) in [7, 11) is 0. The Labute approximate surface area is 159 Å². The van der Waals surface area contributed by atoms with E-state index in [4.69, 9.17) is 4.74 Å². The number of benzene rings is 2.